The van der Waals surface area contributed by atoms with Gasteiger partial charge in [-0.25, -0.2) is 9.89 Å². The molecule has 29 heavy (non-hydrogen) atoms. The second-order valence-electron chi connectivity index (χ2n) is 5.06. The maximum Gasteiger partial charge on any atom is 0.349 e. The Morgan fingerprint density at radius 1 is 1.34 bits per heavy atom. The fourth-order valence-corrected chi connectivity index (χ4v) is 2.42. The standard InChI is InChI=1S/C14H6Cl2N6O4.C3H8/c15-7-3-6(22-14(25)18-13(24)9(5-17)21-22)4-8(16)12(7)26-11-2-1-10(23)19-20-11;1-3-2/h1-4H,(H,19,23)(H,18,24,25);3H2,1-2H3/i1D;1D2. The number of H-pyrrole nitrogens is 2. The summed E-state index contributed by atoms with van der Waals surface area (Å²) in [6, 6.07) is 4.75. The molecular weight excluding hydrogens is 423 g/mol. The molecule has 3 aromatic rings. The average molecular weight is 440 g/mol. The van der Waals surface area contributed by atoms with Gasteiger partial charge in [-0.05, 0) is 12.1 Å². The van der Waals surface area contributed by atoms with Crippen molar-refractivity contribution in [2.75, 3.05) is 0 Å². The Kier molecular flexibility index (Phi) is 5.89. The highest BCUT2D eigenvalue weighted by atomic mass is 35.5. The normalized spacial score (nSPS) is 11.5. The van der Waals surface area contributed by atoms with Gasteiger partial charge in [-0.1, -0.05) is 43.4 Å². The molecule has 0 atom stereocenters. The molecule has 0 aliphatic carbocycles. The Balaban J connectivity index is 0.000000654. The summed E-state index contributed by atoms with van der Waals surface area (Å²) in [6.45, 7) is 1.21. The van der Waals surface area contributed by atoms with Crippen molar-refractivity contribution < 1.29 is 8.85 Å². The van der Waals surface area contributed by atoms with Crippen LogP contribution in [0.3, 0.4) is 0 Å². The molecule has 2 N–H and O–H groups in total. The molecule has 0 aliphatic heterocycles. The van der Waals surface area contributed by atoms with E-state index >= 15 is 0 Å². The zero-order chi connectivity index (χ0) is 24.0. The third-order valence-electron chi connectivity index (χ3n) is 2.96. The van der Waals surface area contributed by atoms with E-state index in [1.807, 2.05) is 11.9 Å². The van der Waals surface area contributed by atoms with Gasteiger partial charge >= 0.3 is 5.69 Å². The highest BCUT2D eigenvalue weighted by Gasteiger charge is 2.15. The van der Waals surface area contributed by atoms with Crippen LogP contribution in [0.2, 0.25) is 10.0 Å². The van der Waals surface area contributed by atoms with Crippen LogP contribution in [0, 0.1) is 11.3 Å². The van der Waals surface area contributed by atoms with Gasteiger partial charge in [0.25, 0.3) is 11.1 Å². The van der Waals surface area contributed by atoms with E-state index in [2.05, 4.69) is 15.3 Å². The summed E-state index contributed by atoms with van der Waals surface area (Å²) in [5.74, 6) is -0.193. The average Bonchev–Trinajstić information content (AvgIpc) is 2.73. The highest BCUT2D eigenvalue weighted by Crippen LogP contribution is 2.37. The molecule has 12 heteroatoms. The lowest BCUT2D eigenvalue weighted by atomic mass is 10.3. The quantitative estimate of drug-likeness (QED) is 0.636. The maximum absolute atomic E-state index is 11.9. The summed E-state index contributed by atoms with van der Waals surface area (Å²) in [5.41, 5.74) is -2.99. The summed E-state index contributed by atoms with van der Waals surface area (Å²) in [5, 5.41) is 18.1. The number of nitrogens with one attached hydrogen (secondary N) is 2. The molecule has 2 heterocycles. The van der Waals surface area contributed by atoms with Crippen LogP contribution in [-0.2, 0) is 0 Å². The largest absolute Gasteiger partial charge is 0.434 e. The van der Waals surface area contributed by atoms with E-state index < -0.39 is 29.4 Å². The van der Waals surface area contributed by atoms with E-state index in [-0.39, 0.29) is 33.4 Å². The first-order valence-corrected chi connectivity index (χ1v) is 8.54. The molecule has 3 rings (SSSR count). The minimum atomic E-state index is -0.925. The van der Waals surface area contributed by atoms with Gasteiger partial charge in [-0.15, -0.1) is 10.2 Å². The van der Waals surface area contributed by atoms with Gasteiger partial charge in [0.2, 0.25) is 11.6 Å². The Bertz CT molecular complexity index is 1330. The fraction of sp³-hybridized carbons (Fsp3) is 0.176. The SMILES string of the molecule is [2H]C([2H])CC.[2H]c1cc(Oc2c(Cl)cc(-n3nc(C#N)c(=O)[nH]c3=O)cc2Cl)n[nH]c1=O. The van der Waals surface area contributed by atoms with Crippen LogP contribution in [0.5, 0.6) is 11.6 Å². The van der Waals surface area contributed by atoms with Gasteiger partial charge in [-0.3, -0.25) is 14.6 Å². The summed E-state index contributed by atoms with van der Waals surface area (Å²) < 4.78 is 26.5. The van der Waals surface area contributed by atoms with Gasteiger partial charge in [0.15, 0.2) is 5.75 Å². The molecule has 0 saturated carbocycles. The first-order chi connectivity index (χ1) is 15.1. The smallest absolute Gasteiger partial charge is 0.349 e. The third-order valence-corrected chi connectivity index (χ3v) is 3.52. The predicted octanol–water partition coefficient (Wildman–Crippen LogP) is 2.39. The summed E-state index contributed by atoms with van der Waals surface area (Å²) in [4.78, 5) is 36.5. The molecule has 2 aromatic heterocycles. The van der Waals surface area contributed by atoms with Crippen molar-refractivity contribution in [3.05, 3.63) is 71.2 Å². The molecule has 150 valence electrons. The van der Waals surface area contributed by atoms with E-state index in [1.165, 1.54) is 12.1 Å². The van der Waals surface area contributed by atoms with E-state index in [0.29, 0.717) is 6.42 Å². The first kappa shape index (κ1) is 17.7. The number of rotatable bonds is 3. The van der Waals surface area contributed by atoms with E-state index in [4.69, 9.17) is 37.3 Å². The van der Waals surface area contributed by atoms with Crippen LogP contribution in [0.1, 0.15) is 30.0 Å². The van der Waals surface area contributed by atoms with E-state index in [1.54, 1.807) is 6.07 Å². The molecule has 0 unspecified atom stereocenters. The number of aromatic nitrogens is 5. The lowest BCUT2D eigenvalue weighted by Crippen LogP contribution is -2.33. The van der Waals surface area contributed by atoms with Crippen molar-refractivity contribution >= 4 is 23.2 Å². The number of halogens is 2. The third kappa shape index (κ3) is 5.31. The number of hydrogen-bond acceptors (Lipinski definition) is 7. The Morgan fingerprint density at radius 2 is 2.00 bits per heavy atom. The summed E-state index contributed by atoms with van der Waals surface area (Å²) >= 11 is 12.3. The lowest BCUT2D eigenvalue weighted by molar-refractivity contribution is 0.454. The molecule has 0 spiro atoms. The number of aromatic amines is 2. The second-order valence-corrected chi connectivity index (χ2v) is 5.87. The lowest BCUT2D eigenvalue weighted by Gasteiger charge is -2.11. The Morgan fingerprint density at radius 3 is 2.55 bits per heavy atom. The predicted molar refractivity (Wildman–Crippen MR) is 106 cm³/mol. The van der Waals surface area contributed by atoms with E-state index in [9.17, 15) is 14.4 Å². The molecule has 10 nitrogen and oxygen atoms in total. The zero-order valence-electron chi connectivity index (χ0n) is 17.7. The number of benzene rings is 1. The molecule has 0 amide bonds. The van der Waals surface area contributed by atoms with E-state index in [0.717, 1.165) is 10.7 Å². The summed E-state index contributed by atoms with van der Waals surface area (Å²) in [7, 11) is 0. The van der Waals surface area contributed by atoms with Crippen LogP contribution in [0.4, 0.5) is 0 Å². The summed E-state index contributed by atoms with van der Waals surface area (Å²) in [6.07, 6.45) is 0.639. The topological polar surface area (TPSA) is 147 Å². The first-order valence-electron chi connectivity index (χ1n) is 9.44. The van der Waals surface area contributed by atoms with Crippen LogP contribution in [0.15, 0.2) is 38.6 Å². The molecule has 0 aliphatic rings. The number of hydrogen-bond donors (Lipinski definition) is 2. The van der Waals surface area contributed by atoms with Gasteiger partial charge < -0.3 is 4.74 Å². The van der Waals surface area contributed by atoms with Crippen molar-refractivity contribution in [1.82, 2.24) is 25.0 Å². The minimum Gasteiger partial charge on any atom is -0.434 e. The minimum absolute atomic E-state index is 0.0565. The van der Waals surface area contributed by atoms with Crippen molar-refractivity contribution in [3.8, 4) is 23.4 Å². The highest BCUT2D eigenvalue weighted by molar-refractivity contribution is 6.37. The molecule has 0 saturated heterocycles. The van der Waals surface area contributed by atoms with Crippen LogP contribution < -0.4 is 21.5 Å². The van der Waals surface area contributed by atoms with Gasteiger partial charge in [-0.2, -0.15) is 9.94 Å². The number of ether oxygens (including phenoxy) is 1. The molecule has 0 bridgehead atoms. The number of nitriles is 1. The van der Waals surface area contributed by atoms with Crippen LogP contribution in [-0.4, -0.2) is 25.0 Å². The Hall–Kier alpha value is -3.42. The number of nitrogens with zero attached hydrogens (tertiary/aromatic N) is 4. The van der Waals surface area contributed by atoms with Crippen molar-refractivity contribution in [3.63, 3.8) is 0 Å². The molecule has 0 fully saturated rings. The van der Waals surface area contributed by atoms with Crippen molar-refractivity contribution in [2.24, 2.45) is 0 Å². The molecule has 0 radical (unpaired) electrons. The molecule has 1 aromatic carbocycles. The van der Waals surface area contributed by atoms with Crippen LogP contribution >= 0.6 is 23.2 Å². The molecular formula is C17H14Cl2N6O4. The van der Waals surface area contributed by atoms with Crippen molar-refractivity contribution in [1.29, 1.82) is 5.26 Å². The zero-order valence-corrected chi connectivity index (χ0v) is 16.2. The van der Waals surface area contributed by atoms with Gasteiger partial charge in [0.05, 0.1) is 17.1 Å². The van der Waals surface area contributed by atoms with Gasteiger partial charge in [0, 0.05) is 14.9 Å². The Labute approximate surface area is 177 Å². The monoisotopic (exact) mass is 439 g/mol. The fourth-order valence-electron chi connectivity index (χ4n) is 1.87. The van der Waals surface area contributed by atoms with Crippen LogP contribution in [0.25, 0.3) is 5.69 Å². The van der Waals surface area contributed by atoms with Gasteiger partial charge in [0.1, 0.15) is 6.07 Å². The maximum atomic E-state index is 11.9. The second kappa shape index (κ2) is 9.68. The van der Waals surface area contributed by atoms with Crippen molar-refractivity contribution in [2.45, 2.75) is 20.2 Å².